The van der Waals surface area contributed by atoms with Crippen molar-refractivity contribution in [2.45, 2.75) is 26.5 Å². The third-order valence-electron chi connectivity index (χ3n) is 3.22. The van der Waals surface area contributed by atoms with Crippen molar-refractivity contribution in [1.29, 1.82) is 0 Å². The molecule has 0 aromatic carbocycles. The summed E-state index contributed by atoms with van der Waals surface area (Å²) < 4.78 is 5.73. The molecule has 1 aromatic heterocycles. The van der Waals surface area contributed by atoms with Gasteiger partial charge in [-0.15, -0.1) is 0 Å². The third-order valence-corrected chi connectivity index (χ3v) is 3.22. The van der Waals surface area contributed by atoms with Gasteiger partial charge in [-0.05, 0) is 20.5 Å². The molecule has 2 heterocycles. The molecule has 0 radical (unpaired) electrons. The van der Waals surface area contributed by atoms with Gasteiger partial charge in [0.05, 0.1) is 6.61 Å². The molecule has 1 N–H and O–H groups in total. The van der Waals surface area contributed by atoms with Gasteiger partial charge in [-0.2, -0.15) is 0 Å². The van der Waals surface area contributed by atoms with Gasteiger partial charge in [0.15, 0.2) is 5.82 Å². The molecule has 5 nitrogen and oxygen atoms in total. The normalized spacial score (nSPS) is 21.2. The summed E-state index contributed by atoms with van der Waals surface area (Å²) in [5.74, 6) is 0.805. The predicted molar refractivity (Wildman–Crippen MR) is 70.3 cm³/mol. The minimum atomic E-state index is 0.00985. The quantitative estimate of drug-likeness (QED) is 0.860. The van der Waals surface area contributed by atoms with Crippen molar-refractivity contribution in [2.75, 3.05) is 33.3 Å². The van der Waals surface area contributed by atoms with E-state index in [2.05, 4.69) is 34.2 Å². The van der Waals surface area contributed by atoms with Crippen LogP contribution in [0.5, 0.6) is 0 Å². The summed E-state index contributed by atoms with van der Waals surface area (Å²) in [6, 6.07) is 0. The van der Waals surface area contributed by atoms with Crippen LogP contribution in [-0.4, -0.2) is 48.2 Å². The molecule has 5 heteroatoms. The molecule has 0 bridgehead atoms. The number of nitrogens with zero attached hydrogens (tertiary/aromatic N) is 3. The van der Waals surface area contributed by atoms with E-state index in [1.807, 2.05) is 13.1 Å². The van der Waals surface area contributed by atoms with Crippen molar-refractivity contribution in [3.63, 3.8) is 0 Å². The van der Waals surface area contributed by atoms with E-state index in [9.17, 15) is 0 Å². The van der Waals surface area contributed by atoms with Crippen LogP contribution in [0.25, 0.3) is 0 Å². The fourth-order valence-electron chi connectivity index (χ4n) is 2.03. The lowest BCUT2D eigenvalue weighted by Gasteiger charge is -2.29. The molecule has 1 unspecified atom stereocenters. The number of hydrogen-bond donors (Lipinski definition) is 1. The molecule has 1 saturated heterocycles. The molecule has 0 amide bonds. The first kappa shape index (κ1) is 13.4. The Labute approximate surface area is 109 Å². The van der Waals surface area contributed by atoms with Crippen molar-refractivity contribution >= 4 is 0 Å². The molecule has 0 saturated carbocycles. The van der Waals surface area contributed by atoms with E-state index in [0.717, 1.165) is 49.9 Å². The second-order valence-corrected chi connectivity index (χ2v) is 4.74. The minimum Gasteiger partial charge on any atom is -0.368 e. The number of ether oxygens (including phenoxy) is 1. The van der Waals surface area contributed by atoms with E-state index in [1.165, 1.54) is 0 Å². The Hall–Kier alpha value is -1.04. The van der Waals surface area contributed by atoms with E-state index in [0.29, 0.717) is 0 Å². The zero-order valence-electron chi connectivity index (χ0n) is 11.4. The Balaban J connectivity index is 2.07. The third kappa shape index (κ3) is 3.25. The van der Waals surface area contributed by atoms with Crippen molar-refractivity contribution in [2.24, 2.45) is 0 Å². The SMILES string of the molecule is CCNCc1cnc(C2CN(C)CCO2)nc1C. The number of nitrogens with one attached hydrogen (secondary N) is 1. The highest BCUT2D eigenvalue weighted by molar-refractivity contribution is 5.16. The number of morpholine rings is 1. The van der Waals surface area contributed by atoms with Crippen molar-refractivity contribution in [3.05, 3.63) is 23.3 Å². The van der Waals surface area contributed by atoms with Crippen LogP contribution in [0.3, 0.4) is 0 Å². The summed E-state index contributed by atoms with van der Waals surface area (Å²) in [4.78, 5) is 11.3. The van der Waals surface area contributed by atoms with Crippen LogP contribution < -0.4 is 5.32 Å². The second-order valence-electron chi connectivity index (χ2n) is 4.74. The Morgan fingerprint density at radius 3 is 3.06 bits per heavy atom. The number of likely N-dealkylation sites (N-methyl/N-ethyl adjacent to an activating group) is 1. The maximum Gasteiger partial charge on any atom is 0.158 e. The monoisotopic (exact) mass is 250 g/mol. The van der Waals surface area contributed by atoms with Gasteiger partial charge in [-0.25, -0.2) is 9.97 Å². The molecule has 1 atom stereocenters. The van der Waals surface area contributed by atoms with E-state index in [4.69, 9.17) is 4.74 Å². The molecule has 2 rings (SSSR count). The Kier molecular flexibility index (Phi) is 4.63. The smallest absolute Gasteiger partial charge is 0.158 e. The minimum absolute atomic E-state index is 0.00985. The average Bonchev–Trinajstić information content (AvgIpc) is 2.37. The molecule has 100 valence electrons. The van der Waals surface area contributed by atoms with Crippen LogP contribution in [0.4, 0.5) is 0 Å². The molecule has 1 aliphatic heterocycles. The molecule has 1 fully saturated rings. The zero-order chi connectivity index (χ0) is 13.0. The standard InChI is InChI=1S/C13H22N4O/c1-4-14-7-11-8-15-13(16-10(11)2)12-9-17(3)5-6-18-12/h8,12,14H,4-7,9H2,1-3H3. The van der Waals surface area contributed by atoms with E-state index < -0.39 is 0 Å². The van der Waals surface area contributed by atoms with Gasteiger partial charge < -0.3 is 15.0 Å². The van der Waals surface area contributed by atoms with Gasteiger partial charge >= 0.3 is 0 Å². The van der Waals surface area contributed by atoms with E-state index in [1.54, 1.807) is 0 Å². The van der Waals surface area contributed by atoms with E-state index >= 15 is 0 Å². The maximum atomic E-state index is 5.73. The number of hydrogen-bond acceptors (Lipinski definition) is 5. The maximum absolute atomic E-state index is 5.73. The first-order valence-electron chi connectivity index (χ1n) is 6.54. The van der Waals surface area contributed by atoms with Gasteiger partial charge in [0, 0.05) is 37.1 Å². The van der Waals surface area contributed by atoms with E-state index in [-0.39, 0.29) is 6.10 Å². The largest absolute Gasteiger partial charge is 0.368 e. The van der Waals surface area contributed by atoms with Crippen LogP contribution in [0.2, 0.25) is 0 Å². The molecular formula is C13H22N4O. The van der Waals surface area contributed by atoms with Gasteiger partial charge in [0.25, 0.3) is 0 Å². The molecular weight excluding hydrogens is 228 g/mol. The molecule has 0 spiro atoms. The highest BCUT2D eigenvalue weighted by atomic mass is 16.5. The number of aromatic nitrogens is 2. The zero-order valence-corrected chi connectivity index (χ0v) is 11.4. The Morgan fingerprint density at radius 2 is 2.39 bits per heavy atom. The molecule has 1 aliphatic rings. The van der Waals surface area contributed by atoms with Gasteiger partial charge in [0.1, 0.15) is 6.10 Å². The van der Waals surface area contributed by atoms with Gasteiger partial charge in [0.2, 0.25) is 0 Å². The van der Waals surface area contributed by atoms with Crippen molar-refractivity contribution < 1.29 is 4.74 Å². The predicted octanol–water partition coefficient (Wildman–Crippen LogP) is 0.898. The summed E-state index contributed by atoms with van der Waals surface area (Å²) in [6.07, 6.45) is 1.92. The number of rotatable bonds is 4. The van der Waals surface area contributed by atoms with Crippen LogP contribution in [-0.2, 0) is 11.3 Å². The highest BCUT2D eigenvalue weighted by Gasteiger charge is 2.22. The van der Waals surface area contributed by atoms with Crippen LogP contribution in [0, 0.1) is 6.92 Å². The number of aryl methyl sites for hydroxylation is 1. The fraction of sp³-hybridized carbons (Fsp3) is 0.692. The lowest BCUT2D eigenvalue weighted by molar-refractivity contribution is -0.0256. The summed E-state index contributed by atoms with van der Waals surface area (Å²) >= 11 is 0. The summed E-state index contributed by atoms with van der Waals surface area (Å²) in [7, 11) is 2.10. The Morgan fingerprint density at radius 1 is 1.56 bits per heavy atom. The molecule has 0 aliphatic carbocycles. The molecule has 1 aromatic rings. The van der Waals surface area contributed by atoms with Crippen LogP contribution in [0.1, 0.15) is 30.1 Å². The summed E-state index contributed by atoms with van der Waals surface area (Å²) in [5.41, 5.74) is 2.20. The topological polar surface area (TPSA) is 50.3 Å². The summed E-state index contributed by atoms with van der Waals surface area (Å²) in [5, 5.41) is 3.29. The van der Waals surface area contributed by atoms with Crippen molar-refractivity contribution in [3.8, 4) is 0 Å². The van der Waals surface area contributed by atoms with Gasteiger partial charge in [-0.1, -0.05) is 6.92 Å². The first-order valence-corrected chi connectivity index (χ1v) is 6.54. The molecule has 18 heavy (non-hydrogen) atoms. The highest BCUT2D eigenvalue weighted by Crippen LogP contribution is 2.18. The van der Waals surface area contributed by atoms with Crippen LogP contribution in [0.15, 0.2) is 6.20 Å². The average molecular weight is 250 g/mol. The Bertz CT molecular complexity index is 397. The first-order chi connectivity index (χ1) is 8.70. The second kappa shape index (κ2) is 6.22. The lowest BCUT2D eigenvalue weighted by Crippen LogP contribution is -2.36. The lowest BCUT2D eigenvalue weighted by atomic mass is 10.2. The summed E-state index contributed by atoms with van der Waals surface area (Å²) in [6.45, 7) is 8.51. The fourth-order valence-corrected chi connectivity index (χ4v) is 2.03. The van der Waals surface area contributed by atoms with Crippen LogP contribution >= 0.6 is 0 Å². The van der Waals surface area contributed by atoms with Crippen molar-refractivity contribution in [1.82, 2.24) is 20.2 Å². The van der Waals surface area contributed by atoms with Gasteiger partial charge in [-0.3, -0.25) is 0 Å².